The molecule has 0 aliphatic heterocycles. The van der Waals surface area contributed by atoms with Gasteiger partial charge < -0.3 is 18.9 Å². The van der Waals surface area contributed by atoms with Crippen LogP contribution in [0.15, 0.2) is 59.1 Å². The minimum atomic E-state index is 0.533. The number of rotatable bonds is 10. The molecule has 6 nitrogen and oxygen atoms in total. The van der Waals surface area contributed by atoms with Gasteiger partial charge in [-0.15, -0.1) is 0 Å². The van der Waals surface area contributed by atoms with Crippen molar-refractivity contribution in [2.24, 2.45) is 11.8 Å². The third kappa shape index (κ3) is 6.51. The number of allylic oxidation sites excluding steroid dienone is 1. The van der Waals surface area contributed by atoms with Crippen molar-refractivity contribution in [3.05, 3.63) is 66.1 Å². The monoisotopic (exact) mass is 475 g/mol. The highest BCUT2D eigenvalue weighted by molar-refractivity contribution is 5.61. The van der Waals surface area contributed by atoms with E-state index in [1.165, 1.54) is 37.7 Å². The Kier molecular flexibility index (Phi) is 8.59. The molecule has 1 aliphatic carbocycles. The van der Waals surface area contributed by atoms with Crippen LogP contribution in [0.4, 0.5) is 0 Å². The molecule has 35 heavy (non-hydrogen) atoms. The Labute approximate surface area is 208 Å². The van der Waals surface area contributed by atoms with Crippen molar-refractivity contribution >= 4 is 6.08 Å². The first-order chi connectivity index (χ1) is 17.1. The van der Waals surface area contributed by atoms with E-state index in [1.807, 2.05) is 24.3 Å². The van der Waals surface area contributed by atoms with Gasteiger partial charge in [-0.1, -0.05) is 41.6 Å². The van der Waals surface area contributed by atoms with E-state index in [-0.39, 0.29) is 0 Å². The van der Waals surface area contributed by atoms with E-state index >= 15 is 0 Å². The van der Waals surface area contributed by atoms with Gasteiger partial charge >= 0.3 is 0 Å². The lowest BCUT2D eigenvalue weighted by Gasteiger charge is -2.37. The zero-order chi connectivity index (χ0) is 24.6. The van der Waals surface area contributed by atoms with Crippen LogP contribution in [-0.2, 0) is 6.42 Å². The zero-order valence-electron chi connectivity index (χ0n) is 21.3. The van der Waals surface area contributed by atoms with Gasteiger partial charge in [-0.3, -0.25) is 0 Å². The van der Waals surface area contributed by atoms with Crippen molar-refractivity contribution in [2.45, 2.75) is 44.6 Å². The summed E-state index contributed by atoms with van der Waals surface area (Å²) in [4.78, 5) is 6.98. The number of methoxy groups -OCH3 is 2. The third-order valence-electron chi connectivity index (χ3n) is 7.19. The number of aryl methyl sites for hydroxylation is 1. The Morgan fingerprint density at radius 2 is 1.74 bits per heavy atom. The van der Waals surface area contributed by atoms with Crippen molar-refractivity contribution in [3.8, 4) is 22.9 Å². The first kappa shape index (κ1) is 25.0. The maximum Gasteiger partial charge on any atom is 0.250 e. The van der Waals surface area contributed by atoms with Gasteiger partial charge in [0, 0.05) is 11.6 Å². The number of hydrogen-bond donors (Lipinski definition) is 0. The molecular formula is C29H37N3O3. The van der Waals surface area contributed by atoms with Crippen LogP contribution in [0.5, 0.6) is 11.5 Å². The summed E-state index contributed by atoms with van der Waals surface area (Å²) >= 11 is 0. The SMILES string of the molecule is COc1ccc(-c2noc(/C=C/C3CCC(C(CCc4ccccc4)N(C)C)CC3)n2)cc1OC. The topological polar surface area (TPSA) is 60.6 Å². The summed E-state index contributed by atoms with van der Waals surface area (Å²) in [5, 5.41) is 4.14. The van der Waals surface area contributed by atoms with E-state index in [9.17, 15) is 0 Å². The molecule has 0 bridgehead atoms. The van der Waals surface area contributed by atoms with Crippen molar-refractivity contribution in [1.29, 1.82) is 0 Å². The molecule has 1 fully saturated rings. The molecule has 0 N–H and O–H groups in total. The lowest BCUT2D eigenvalue weighted by molar-refractivity contribution is 0.150. The largest absolute Gasteiger partial charge is 0.493 e. The molecule has 1 aromatic heterocycles. The molecule has 1 heterocycles. The number of benzene rings is 2. The van der Waals surface area contributed by atoms with Gasteiger partial charge in [0.05, 0.1) is 14.2 Å². The number of aromatic nitrogens is 2. The van der Waals surface area contributed by atoms with Gasteiger partial charge in [0.1, 0.15) is 0 Å². The molecule has 4 rings (SSSR count). The summed E-state index contributed by atoms with van der Waals surface area (Å²) in [5.41, 5.74) is 2.26. The predicted molar refractivity (Wildman–Crippen MR) is 140 cm³/mol. The van der Waals surface area contributed by atoms with E-state index in [0.29, 0.717) is 35.2 Å². The Morgan fingerprint density at radius 3 is 2.43 bits per heavy atom. The van der Waals surface area contributed by atoms with Crippen molar-refractivity contribution in [2.75, 3.05) is 28.3 Å². The van der Waals surface area contributed by atoms with E-state index in [4.69, 9.17) is 14.0 Å². The fourth-order valence-electron chi connectivity index (χ4n) is 5.21. The van der Waals surface area contributed by atoms with E-state index in [2.05, 4.69) is 65.5 Å². The minimum absolute atomic E-state index is 0.533. The van der Waals surface area contributed by atoms with Crippen LogP contribution in [0.1, 0.15) is 43.6 Å². The van der Waals surface area contributed by atoms with Crippen LogP contribution in [0.3, 0.4) is 0 Å². The summed E-state index contributed by atoms with van der Waals surface area (Å²) in [7, 11) is 7.69. The molecule has 3 aromatic rings. The summed E-state index contributed by atoms with van der Waals surface area (Å²) in [6.45, 7) is 0. The molecule has 2 aromatic carbocycles. The Morgan fingerprint density at radius 1 is 1.00 bits per heavy atom. The highest BCUT2D eigenvalue weighted by Crippen LogP contribution is 2.35. The molecule has 0 radical (unpaired) electrons. The molecular weight excluding hydrogens is 438 g/mol. The van der Waals surface area contributed by atoms with E-state index in [1.54, 1.807) is 14.2 Å². The maximum atomic E-state index is 5.48. The zero-order valence-corrected chi connectivity index (χ0v) is 21.3. The van der Waals surface area contributed by atoms with Crippen molar-refractivity contribution in [1.82, 2.24) is 15.0 Å². The van der Waals surface area contributed by atoms with Gasteiger partial charge in [0.25, 0.3) is 5.89 Å². The number of hydrogen-bond acceptors (Lipinski definition) is 6. The highest BCUT2D eigenvalue weighted by atomic mass is 16.5. The van der Waals surface area contributed by atoms with Crippen molar-refractivity contribution in [3.63, 3.8) is 0 Å². The molecule has 0 amide bonds. The molecule has 0 saturated heterocycles. The van der Waals surface area contributed by atoms with Crippen LogP contribution < -0.4 is 9.47 Å². The standard InChI is InChI=1S/C29H37N3O3/c1-32(2)25(17-12-21-8-6-5-7-9-21)23-14-10-22(11-15-23)13-19-28-30-29(31-35-28)24-16-18-26(33-3)27(20-24)34-4/h5-9,13,16,18-20,22-23,25H,10-12,14-15,17H2,1-4H3/b19-13+. The molecule has 1 atom stereocenters. The molecule has 1 unspecified atom stereocenters. The average molecular weight is 476 g/mol. The first-order valence-corrected chi connectivity index (χ1v) is 12.5. The summed E-state index contributed by atoms with van der Waals surface area (Å²) in [6.07, 6.45) is 11.5. The Bertz CT molecular complexity index is 1090. The Hall–Kier alpha value is -3.12. The normalized spacial score (nSPS) is 19.2. The molecule has 186 valence electrons. The van der Waals surface area contributed by atoms with Gasteiger partial charge in [-0.05, 0) is 94.3 Å². The maximum absolute atomic E-state index is 5.48. The van der Waals surface area contributed by atoms with Crippen LogP contribution in [0.25, 0.3) is 17.5 Å². The Balaban J connectivity index is 1.31. The second kappa shape index (κ2) is 12.0. The fourth-order valence-corrected chi connectivity index (χ4v) is 5.21. The highest BCUT2D eigenvalue weighted by Gasteiger charge is 2.28. The summed E-state index contributed by atoms with van der Waals surface area (Å²) in [5.74, 6) is 3.70. The van der Waals surface area contributed by atoms with Gasteiger partial charge in [0.2, 0.25) is 5.82 Å². The van der Waals surface area contributed by atoms with Crippen LogP contribution in [0.2, 0.25) is 0 Å². The van der Waals surface area contributed by atoms with Crippen molar-refractivity contribution < 1.29 is 14.0 Å². The molecule has 6 heteroatoms. The van der Waals surface area contributed by atoms with Crippen LogP contribution in [-0.4, -0.2) is 49.4 Å². The van der Waals surface area contributed by atoms with Gasteiger partial charge in [-0.2, -0.15) is 4.98 Å². The first-order valence-electron chi connectivity index (χ1n) is 12.5. The quantitative estimate of drug-likeness (QED) is 0.351. The lowest BCUT2D eigenvalue weighted by atomic mass is 9.76. The number of ether oxygens (including phenoxy) is 2. The predicted octanol–water partition coefficient (Wildman–Crippen LogP) is 6.14. The van der Waals surface area contributed by atoms with Gasteiger partial charge in [-0.25, -0.2) is 0 Å². The fraction of sp³-hybridized carbons (Fsp3) is 0.448. The lowest BCUT2D eigenvalue weighted by Crippen LogP contribution is -2.37. The molecule has 0 spiro atoms. The number of nitrogens with zero attached hydrogens (tertiary/aromatic N) is 3. The van der Waals surface area contributed by atoms with Gasteiger partial charge in [0.15, 0.2) is 11.5 Å². The van der Waals surface area contributed by atoms with E-state index in [0.717, 1.165) is 17.9 Å². The third-order valence-corrected chi connectivity index (χ3v) is 7.19. The smallest absolute Gasteiger partial charge is 0.250 e. The average Bonchev–Trinajstić information content (AvgIpc) is 3.37. The summed E-state index contributed by atoms with van der Waals surface area (Å²) < 4.78 is 16.2. The van der Waals surface area contributed by atoms with Crippen LogP contribution in [0, 0.1) is 11.8 Å². The summed E-state index contributed by atoms with van der Waals surface area (Å²) in [6, 6.07) is 17.1. The molecule has 1 aliphatic rings. The van der Waals surface area contributed by atoms with Crippen LogP contribution >= 0.6 is 0 Å². The second-order valence-corrected chi connectivity index (χ2v) is 9.62. The van der Waals surface area contributed by atoms with E-state index < -0.39 is 0 Å². The second-order valence-electron chi connectivity index (χ2n) is 9.62. The minimum Gasteiger partial charge on any atom is -0.493 e. The molecule has 1 saturated carbocycles.